The van der Waals surface area contributed by atoms with Crippen molar-refractivity contribution in [3.8, 4) is 5.75 Å². The summed E-state index contributed by atoms with van der Waals surface area (Å²) in [5.41, 5.74) is 0.357. The minimum atomic E-state index is -0.878. The van der Waals surface area contributed by atoms with E-state index in [9.17, 15) is 4.79 Å². The van der Waals surface area contributed by atoms with Crippen LogP contribution in [0.4, 0.5) is 0 Å². The normalized spacial score (nSPS) is 25.7. The molecule has 2 aliphatic rings. The second-order valence-corrected chi connectivity index (χ2v) is 6.40. The average molecular weight is 266 g/mol. The van der Waals surface area contributed by atoms with Crippen LogP contribution in [0.1, 0.15) is 54.6 Å². The summed E-state index contributed by atoms with van der Waals surface area (Å²) in [5, 5.41) is 10.9. The summed E-state index contributed by atoms with van der Waals surface area (Å²) in [4.78, 5) is 11.4. The first-order valence-electron chi connectivity index (χ1n) is 6.69. The summed E-state index contributed by atoms with van der Waals surface area (Å²) in [6.45, 7) is 0. The van der Waals surface area contributed by atoms with Gasteiger partial charge in [-0.1, -0.05) is 19.3 Å². The number of carbonyl (C=O) groups is 1. The van der Waals surface area contributed by atoms with Gasteiger partial charge in [0.15, 0.2) is 4.88 Å². The molecule has 0 aliphatic heterocycles. The molecule has 0 aromatic carbocycles. The highest BCUT2D eigenvalue weighted by Crippen LogP contribution is 2.53. The molecular weight excluding hydrogens is 248 g/mol. The lowest BCUT2D eigenvalue weighted by molar-refractivity contribution is -0.0704. The van der Waals surface area contributed by atoms with Crippen LogP contribution < -0.4 is 4.74 Å². The molecule has 0 radical (unpaired) electrons. The maximum atomic E-state index is 11.1. The van der Waals surface area contributed by atoms with Crippen LogP contribution in [0.3, 0.4) is 0 Å². The standard InChI is InChI=1S/C14H18O3S/c15-13(16)12-10(5-9-18-12)17-11-4-8-14(11)6-2-1-3-7-14/h5,9,11H,1-4,6-8H2,(H,15,16). The lowest BCUT2D eigenvalue weighted by Crippen LogP contribution is -2.49. The number of carboxylic acid groups (broad SMARTS) is 1. The van der Waals surface area contributed by atoms with Crippen LogP contribution in [-0.4, -0.2) is 17.2 Å². The molecule has 1 N–H and O–H groups in total. The predicted molar refractivity (Wildman–Crippen MR) is 70.4 cm³/mol. The molecule has 1 aromatic heterocycles. The third-order valence-corrected chi connectivity index (χ3v) is 5.41. The van der Waals surface area contributed by atoms with E-state index >= 15 is 0 Å². The highest BCUT2D eigenvalue weighted by molar-refractivity contribution is 7.12. The fourth-order valence-corrected chi connectivity index (χ4v) is 4.04. The Morgan fingerprint density at radius 1 is 1.33 bits per heavy atom. The summed E-state index contributed by atoms with van der Waals surface area (Å²) in [7, 11) is 0. The van der Waals surface area contributed by atoms with Crippen molar-refractivity contribution in [1.82, 2.24) is 0 Å². The zero-order valence-corrected chi connectivity index (χ0v) is 11.2. The van der Waals surface area contributed by atoms with Gasteiger partial charge in [-0.15, -0.1) is 11.3 Å². The molecule has 1 heterocycles. The topological polar surface area (TPSA) is 46.5 Å². The number of carboxylic acids is 1. The molecule has 0 amide bonds. The lowest BCUT2D eigenvalue weighted by atomic mass is 9.58. The number of hydrogen-bond acceptors (Lipinski definition) is 3. The van der Waals surface area contributed by atoms with E-state index < -0.39 is 5.97 Å². The molecule has 1 atom stereocenters. The number of thiophene rings is 1. The molecule has 98 valence electrons. The number of ether oxygens (including phenoxy) is 1. The monoisotopic (exact) mass is 266 g/mol. The molecule has 1 spiro atoms. The molecule has 0 bridgehead atoms. The van der Waals surface area contributed by atoms with E-state index in [4.69, 9.17) is 9.84 Å². The molecule has 2 aliphatic carbocycles. The minimum Gasteiger partial charge on any atom is -0.488 e. The van der Waals surface area contributed by atoms with Gasteiger partial charge in [0.05, 0.1) is 0 Å². The maximum Gasteiger partial charge on any atom is 0.349 e. The van der Waals surface area contributed by atoms with Gasteiger partial charge >= 0.3 is 5.97 Å². The van der Waals surface area contributed by atoms with Crippen molar-refractivity contribution in [3.05, 3.63) is 16.3 Å². The first kappa shape index (κ1) is 12.0. The molecular formula is C14H18O3S. The van der Waals surface area contributed by atoms with E-state index in [0.717, 1.165) is 6.42 Å². The summed E-state index contributed by atoms with van der Waals surface area (Å²) in [6, 6.07) is 1.79. The van der Waals surface area contributed by atoms with Gasteiger partial charge in [-0.2, -0.15) is 0 Å². The number of hydrogen-bond donors (Lipinski definition) is 1. The largest absolute Gasteiger partial charge is 0.488 e. The SMILES string of the molecule is O=C(O)c1sccc1OC1CCC12CCCCC2. The van der Waals surface area contributed by atoms with Crippen LogP contribution in [0.5, 0.6) is 5.75 Å². The minimum absolute atomic E-state index is 0.241. The van der Waals surface area contributed by atoms with Crippen LogP contribution >= 0.6 is 11.3 Å². The second-order valence-electron chi connectivity index (χ2n) is 5.49. The average Bonchev–Trinajstić information content (AvgIpc) is 2.84. The zero-order chi connectivity index (χ0) is 12.6. The van der Waals surface area contributed by atoms with Crippen LogP contribution in [0.25, 0.3) is 0 Å². The number of rotatable bonds is 3. The van der Waals surface area contributed by atoms with E-state index in [2.05, 4.69) is 0 Å². The summed E-state index contributed by atoms with van der Waals surface area (Å²) >= 11 is 1.24. The molecule has 4 heteroatoms. The fraction of sp³-hybridized carbons (Fsp3) is 0.643. The quantitative estimate of drug-likeness (QED) is 0.901. The first-order valence-corrected chi connectivity index (χ1v) is 7.57. The van der Waals surface area contributed by atoms with Crippen molar-refractivity contribution in [1.29, 1.82) is 0 Å². The Hall–Kier alpha value is -1.03. The Bertz CT molecular complexity index is 446. The predicted octanol–water partition coefficient (Wildman–Crippen LogP) is 3.94. The number of aromatic carboxylic acids is 1. The second kappa shape index (κ2) is 4.57. The van der Waals surface area contributed by atoms with Gasteiger partial charge in [-0.05, 0) is 37.1 Å². The van der Waals surface area contributed by atoms with Crippen molar-refractivity contribution >= 4 is 17.3 Å². The molecule has 18 heavy (non-hydrogen) atoms. The summed E-state index contributed by atoms with van der Waals surface area (Å²) in [6.07, 6.45) is 9.02. The Kier molecular flexibility index (Phi) is 3.06. The van der Waals surface area contributed by atoms with Gasteiger partial charge in [0, 0.05) is 5.41 Å². The Morgan fingerprint density at radius 2 is 2.11 bits per heavy atom. The van der Waals surface area contributed by atoms with Crippen LogP contribution in [-0.2, 0) is 0 Å². The summed E-state index contributed by atoms with van der Waals surface area (Å²) < 4.78 is 6.01. The molecule has 2 saturated carbocycles. The Morgan fingerprint density at radius 3 is 2.72 bits per heavy atom. The van der Waals surface area contributed by atoms with Crippen LogP contribution in [0.2, 0.25) is 0 Å². The third-order valence-electron chi connectivity index (χ3n) is 4.53. The van der Waals surface area contributed by atoms with Crippen molar-refractivity contribution < 1.29 is 14.6 Å². The lowest BCUT2D eigenvalue weighted by Gasteiger charge is -2.51. The fourth-order valence-electron chi connectivity index (χ4n) is 3.38. The zero-order valence-electron chi connectivity index (χ0n) is 10.4. The smallest absolute Gasteiger partial charge is 0.349 e. The van der Waals surface area contributed by atoms with Crippen molar-refractivity contribution in [2.75, 3.05) is 0 Å². The maximum absolute atomic E-state index is 11.1. The van der Waals surface area contributed by atoms with E-state index in [-0.39, 0.29) is 6.10 Å². The highest BCUT2D eigenvalue weighted by Gasteiger charge is 2.48. The first-order chi connectivity index (χ1) is 8.71. The van der Waals surface area contributed by atoms with Gasteiger partial charge in [-0.3, -0.25) is 0 Å². The molecule has 3 nitrogen and oxygen atoms in total. The summed E-state index contributed by atoms with van der Waals surface area (Å²) in [5.74, 6) is -0.306. The Labute approximate surface area is 111 Å². The van der Waals surface area contributed by atoms with Crippen LogP contribution in [0.15, 0.2) is 11.4 Å². The van der Waals surface area contributed by atoms with E-state index in [1.807, 2.05) is 0 Å². The van der Waals surface area contributed by atoms with Gasteiger partial charge in [0.1, 0.15) is 11.9 Å². The molecule has 3 rings (SSSR count). The van der Waals surface area contributed by atoms with Crippen molar-refractivity contribution in [3.63, 3.8) is 0 Å². The van der Waals surface area contributed by atoms with E-state index in [1.165, 1.54) is 49.9 Å². The van der Waals surface area contributed by atoms with E-state index in [1.54, 1.807) is 11.4 Å². The third kappa shape index (κ3) is 1.92. The molecule has 0 saturated heterocycles. The van der Waals surface area contributed by atoms with Crippen molar-refractivity contribution in [2.24, 2.45) is 5.41 Å². The molecule has 2 fully saturated rings. The highest BCUT2D eigenvalue weighted by atomic mass is 32.1. The van der Waals surface area contributed by atoms with Gasteiger partial charge < -0.3 is 9.84 Å². The van der Waals surface area contributed by atoms with Crippen molar-refractivity contribution in [2.45, 2.75) is 51.0 Å². The molecule has 1 unspecified atom stereocenters. The Balaban J connectivity index is 1.73. The van der Waals surface area contributed by atoms with Gasteiger partial charge in [0.2, 0.25) is 0 Å². The van der Waals surface area contributed by atoms with Crippen LogP contribution in [0, 0.1) is 5.41 Å². The molecule has 1 aromatic rings. The van der Waals surface area contributed by atoms with E-state index in [0.29, 0.717) is 16.0 Å². The van der Waals surface area contributed by atoms with Gasteiger partial charge in [0.25, 0.3) is 0 Å². The van der Waals surface area contributed by atoms with Gasteiger partial charge in [-0.25, -0.2) is 4.79 Å².